The third-order valence-electron chi connectivity index (χ3n) is 1.87. The second kappa shape index (κ2) is 5.04. The highest BCUT2D eigenvalue weighted by Crippen LogP contribution is 2.12. The summed E-state index contributed by atoms with van der Waals surface area (Å²) in [7, 11) is 0. The van der Waals surface area contributed by atoms with E-state index in [9.17, 15) is 15.0 Å². The Kier molecular flexibility index (Phi) is 3.98. The van der Waals surface area contributed by atoms with Crippen LogP contribution in [0.5, 0.6) is 0 Å². The van der Waals surface area contributed by atoms with Crippen molar-refractivity contribution in [3.05, 3.63) is 24.0 Å². The first-order valence-electron chi connectivity index (χ1n) is 4.31. The molecule has 0 radical (unpaired) electrons. The number of carbonyl (C=O) groups is 1. The van der Waals surface area contributed by atoms with Crippen molar-refractivity contribution < 1.29 is 30.0 Å². The van der Waals surface area contributed by atoms with Crippen LogP contribution in [0.25, 0.3) is 0 Å². The summed E-state index contributed by atoms with van der Waals surface area (Å²) >= 11 is 0. The van der Waals surface area contributed by atoms with E-state index in [2.05, 4.69) is 4.74 Å². The fraction of sp³-hybridized carbons (Fsp3) is 0.444. The van der Waals surface area contributed by atoms with Crippen molar-refractivity contribution in [2.75, 3.05) is 6.61 Å². The SMILES string of the molecule is O=C1C=C/C(=C\C(O)C(O)C(O)CO)O1. The summed E-state index contributed by atoms with van der Waals surface area (Å²) in [6, 6.07) is 0. The molecular formula is C9H12O6. The zero-order valence-corrected chi connectivity index (χ0v) is 7.78. The summed E-state index contributed by atoms with van der Waals surface area (Å²) in [6.07, 6.45) is -0.840. The van der Waals surface area contributed by atoms with E-state index >= 15 is 0 Å². The standard InChI is InChI=1S/C9H12O6/c10-4-7(12)9(14)6(11)3-5-1-2-8(13)15-5/h1-3,6-7,9-12,14H,4H2/b5-3+. The number of ether oxygens (including phenoxy) is 1. The van der Waals surface area contributed by atoms with Gasteiger partial charge in [-0.3, -0.25) is 0 Å². The largest absolute Gasteiger partial charge is 0.424 e. The highest BCUT2D eigenvalue weighted by Gasteiger charge is 2.23. The molecule has 3 unspecified atom stereocenters. The molecule has 0 saturated carbocycles. The van der Waals surface area contributed by atoms with Crippen molar-refractivity contribution >= 4 is 5.97 Å². The molecule has 1 aliphatic heterocycles. The van der Waals surface area contributed by atoms with Crippen molar-refractivity contribution in [1.29, 1.82) is 0 Å². The number of esters is 1. The number of aliphatic hydroxyl groups excluding tert-OH is 4. The average molecular weight is 216 g/mol. The van der Waals surface area contributed by atoms with Gasteiger partial charge in [0, 0.05) is 6.08 Å². The molecule has 0 bridgehead atoms. The quantitative estimate of drug-likeness (QED) is 0.407. The first-order chi connectivity index (χ1) is 7.04. The van der Waals surface area contributed by atoms with E-state index in [1.54, 1.807) is 0 Å². The Morgan fingerprint density at radius 1 is 1.33 bits per heavy atom. The fourth-order valence-electron chi connectivity index (χ4n) is 1.03. The van der Waals surface area contributed by atoms with Crippen molar-refractivity contribution in [2.45, 2.75) is 18.3 Å². The summed E-state index contributed by atoms with van der Waals surface area (Å²) in [5.41, 5.74) is 0. The predicted molar refractivity (Wildman–Crippen MR) is 48.4 cm³/mol. The summed E-state index contributed by atoms with van der Waals surface area (Å²) in [5.74, 6) is -0.470. The first-order valence-corrected chi connectivity index (χ1v) is 4.31. The Morgan fingerprint density at radius 2 is 2.00 bits per heavy atom. The van der Waals surface area contributed by atoms with Gasteiger partial charge in [0.05, 0.1) is 6.61 Å². The van der Waals surface area contributed by atoms with Gasteiger partial charge >= 0.3 is 5.97 Å². The van der Waals surface area contributed by atoms with E-state index in [0.717, 1.165) is 12.2 Å². The minimum atomic E-state index is -1.53. The van der Waals surface area contributed by atoms with Gasteiger partial charge in [-0.2, -0.15) is 0 Å². The van der Waals surface area contributed by atoms with Crippen molar-refractivity contribution in [3.63, 3.8) is 0 Å². The van der Waals surface area contributed by atoms with Gasteiger partial charge in [0.25, 0.3) is 0 Å². The minimum Gasteiger partial charge on any atom is -0.424 e. The van der Waals surface area contributed by atoms with E-state index in [0.29, 0.717) is 0 Å². The number of carbonyl (C=O) groups excluding carboxylic acids is 1. The lowest BCUT2D eigenvalue weighted by Gasteiger charge is -2.18. The average Bonchev–Trinajstić information content (AvgIpc) is 2.61. The maximum atomic E-state index is 10.6. The van der Waals surface area contributed by atoms with Gasteiger partial charge in [-0.05, 0) is 12.2 Å². The molecular weight excluding hydrogens is 204 g/mol. The molecule has 15 heavy (non-hydrogen) atoms. The fourth-order valence-corrected chi connectivity index (χ4v) is 1.03. The molecule has 6 nitrogen and oxygen atoms in total. The highest BCUT2D eigenvalue weighted by molar-refractivity contribution is 5.86. The number of hydrogen-bond acceptors (Lipinski definition) is 6. The molecule has 0 fully saturated rings. The van der Waals surface area contributed by atoms with Crippen LogP contribution in [0.1, 0.15) is 0 Å². The Bertz CT molecular complexity index is 295. The number of aliphatic hydroxyl groups is 4. The zero-order valence-electron chi connectivity index (χ0n) is 7.78. The van der Waals surface area contributed by atoms with E-state index in [-0.39, 0.29) is 5.76 Å². The minimum absolute atomic E-state index is 0.0942. The number of hydrogen-bond donors (Lipinski definition) is 4. The normalized spacial score (nSPS) is 24.0. The van der Waals surface area contributed by atoms with E-state index in [4.69, 9.17) is 10.2 Å². The highest BCUT2D eigenvalue weighted by atomic mass is 16.5. The van der Waals surface area contributed by atoms with Crippen LogP contribution in [0.2, 0.25) is 0 Å². The van der Waals surface area contributed by atoms with Gasteiger partial charge in [0.1, 0.15) is 24.1 Å². The number of cyclic esters (lactones) is 1. The molecule has 0 spiro atoms. The maximum Gasteiger partial charge on any atom is 0.336 e. The van der Waals surface area contributed by atoms with Crippen LogP contribution in [-0.4, -0.2) is 51.3 Å². The monoisotopic (exact) mass is 216 g/mol. The summed E-state index contributed by atoms with van der Waals surface area (Å²) < 4.78 is 4.59. The molecule has 84 valence electrons. The summed E-state index contributed by atoms with van der Waals surface area (Å²) in [4.78, 5) is 10.6. The maximum absolute atomic E-state index is 10.6. The Labute approximate surface area is 85.7 Å². The molecule has 1 aliphatic rings. The zero-order chi connectivity index (χ0) is 11.4. The van der Waals surface area contributed by atoms with E-state index in [1.807, 2.05) is 0 Å². The molecule has 6 heteroatoms. The number of allylic oxidation sites excluding steroid dienone is 1. The van der Waals surface area contributed by atoms with Crippen LogP contribution in [-0.2, 0) is 9.53 Å². The third-order valence-corrected chi connectivity index (χ3v) is 1.87. The van der Waals surface area contributed by atoms with Crippen LogP contribution < -0.4 is 0 Å². The molecule has 4 N–H and O–H groups in total. The molecule has 1 heterocycles. The van der Waals surface area contributed by atoms with Crippen LogP contribution in [0.4, 0.5) is 0 Å². The van der Waals surface area contributed by atoms with Crippen molar-refractivity contribution in [1.82, 2.24) is 0 Å². The van der Waals surface area contributed by atoms with Crippen molar-refractivity contribution in [3.8, 4) is 0 Å². The van der Waals surface area contributed by atoms with E-state index < -0.39 is 30.9 Å². The molecule has 0 aliphatic carbocycles. The van der Waals surface area contributed by atoms with Crippen LogP contribution in [0.3, 0.4) is 0 Å². The Morgan fingerprint density at radius 3 is 2.47 bits per heavy atom. The van der Waals surface area contributed by atoms with Crippen LogP contribution in [0, 0.1) is 0 Å². The second-order valence-electron chi connectivity index (χ2n) is 3.05. The molecule has 3 atom stereocenters. The second-order valence-corrected chi connectivity index (χ2v) is 3.05. The van der Waals surface area contributed by atoms with Crippen LogP contribution in [0.15, 0.2) is 24.0 Å². The third kappa shape index (κ3) is 3.14. The molecule has 0 aromatic rings. The van der Waals surface area contributed by atoms with Gasteiger partial charge < -0.3 is 25.2 Å². The van der Waals surface area contributed by atoms with Gasteiger partial charge in [-0.25, -0.2) is 4.79 Å². The summed E-state index contributed by atoms with van der Waals surface area (Å²) in [6.45, 7) is -0.670. The molecule has 1 rings (SSSR count). The smallest absolute Gasteiger partial charge is 0.336 e. The predicted octanol–water partition coefficient (Wildman–Crippen LogP) is -1.94. The first kappa shape index (κ1) is 11.9. The summed E-state index contributed by atoms with van der Waals surface area (Å²) in [5, 5.41) is 36.1. The lowest BCUT2D eigenvalue weighted by molar-refractivity contribution is -0.132. The molecule has 0 saturated heterocycles. The Balaban J connectivity index is 2.58. The molecule has 0 amide bonds. The molecule has 0 aromatic heterocycles. The lowest BCUT2D eigenvalue weighted by Crippen LogP contribution is -2.38. The number of rotatable bonds is 4. The van der Waals surface area contributed by atoms with Gasteiger partial charge in [-0.15, -0.1) is 0 Å². The van der Waals surface area contributed by atoms with E-state index in [1.165, 1.54) is 6.08 Å². The molecule has 0 aromatic carbocycles. The van der Waals surface area contributed by atoms with Gasteiger partial charge in [0.15, 0.2) is 0 Å². The Hall–Kier alpha value is -1.21. The lowest BCUT2D eigenvalue weighted by atomic mass is 10.1. The van der Waals surface area contributed by atoms with Gasteiger partial charge in [-0.1, -0.05) is 0 Å². The van der Waals surface area contributed by atoms with Crippen LogP contribution >= 0.6 is 0 Å². The van der Waals surface area contributed by atoms with Crippen molar-refractivity contribution in [2.24, 2.45) is 0 Å². The topological polar surface area (TPSA) is 107 Å². The van der Waals surface area contributed by atoms with Gasteiger partial charge in [0.2, 0.25) is 0 Å².